The summed E-state index contributed by atoms with van der Waals surface area (Å²) in [6.07, 6.45) is 0.0630. The molecule has 0 aliphatic heterocycles. The molecule has 0 fully saturated rings. The molecule has 0 saturated heterocycles. The minimum absolute atomic E-state index is 0.317. The van der Waals surface area contributed by atoms with Gasteiger partial charge < -0.3 is 4.74 Å². The maximum atomic E-state index is 12.5. The number of hydrogen-bond donors (Lipinski definition) is 1. The van der Waals surface area contributed by atoms with E-state index in [1.807, 2.05) is 30.3 Å². The SMILES string of the molecule is C[C@@H](OC(=O)c1ccc2ccccc2c1)C(=O)c1ccc(NS(C)(=O)=O)cc1. The number of anilines is 1. The highest BCUT2D eigenvalue weighted by Crippen LogP contribution is 2.18. The van der Waals surface area contributed by atoms with Crippen molar-refractivity contribution in [2.75, 3.05) is 11.0 Å². The number of carbonyl (C=O) groups excluding carboxylic acids is 2. The first kappa shape index (κ1) is 19.6. The Hall–Kier alpha value is -3.19. The molecule has 7 heteroatoms. The molecule has 0 aliphatic rings. The fraction of sp³-hybridized carbons (Fsp3) is 0.143. The van der Waals surface area contributed by atoms with E-state index in [2.05, 4.69) is 4.72 Å². The van der Waals surface area contributed by atoms with Crippen LogP contribution in [0.15, 0.2) is 66.7 Å². The molecule has 144 valence electrons. The Morgan fingerprint density at radius 1 is 0.893 bits per heavy atom. The first-order valence-electron chi connectivity index (χ1n) is 8.55. The maximum absolute atomic E-state index is 12.5. The van der Waals surface area contributed by atoms with Crippen molar-refractivity contribution in [2.45, 2.75) is 13.0 Å². The molecule has 0 amide bonds. The Bertz CT molecular complexity index is 1140. The summed E-state index contributed by atoms with van der Waals surface area (Å²) in [5.41, 5.74) is 1.03. The Labute approximate surface area is 163 Å². The highest BCUT2D eigenvalue weighted by atomic mass is 32.2. The first-order valence-corrected chi connectivity index (χ1v) is 10.4. The molecule has 6 nitrogen and oxygen atoms in total. The lowest BCUT2D eigenvalue weighted by atomic mass is 10.1. The van der Waals surface area contributed by atoms with E-state index in [9.17, 15) is 18.0 Å². The lowest BCUT2D eigenvalue weighted by molar-refractivity contribution is 0.0319. The van der Waals surface area contributed by atoms with Gasteiger partial charge in [-0.2, -0.15) is 0 Å². The zero-order valence-electron chi connectivity index (χ0n) is 15.4. The number of benzene rings is 3. The lowest BCUT2D eigenvalue weighted by Gasteiger charge is -2.13. The van der Waals surface area contributed by atoms with Crippen LogP contribution in [0.25, 0.3) is 10.8 Å². The molecule has 0 saturated carbocycles. The smallest absolute Gasteiger partial charge is 0.338 e. The molecule has 0 aliphatic carbocycles. The van der Waals surface area contributed by atoms with Gasteiger partial charge in [0.25, 0.3) is 0 Å². The number of ketones is 1. The molecule has 0 unspecified atom stereocenters. The van der Waals surface area contributed by atoms with E-state index in [4.69, 9.17) is 4.74 Å². The molecule has 3 aromatic carbocycles. The zero-order valence-corrected chi connectivity index (χ0v) is 16.2. The van der Waals surface area contributed by atoms with Gasteiger partial charge in [-0.3, -0.25) is 9.52 Å². The number of fused-ring (bicyclic) bond motifs is 1. The average molecular weight is 397 g/mol. The average Bonchev–Trinajstić information content (AvgIpc) is 2.66. The lowest BCUT2D eigenvalue weighted by Crippen LogP contribution is -2.24. The third kappa shape index (κ3) is 4.75. The third-order valence-electron chi connectivity index (χ3n) is 4.11. The predicted molar refractivity (Wildman–Crippen MR) is 108 cm³/mol. The van der Waals surface area contributed by atoms with Crippen LogP contribution < -0.4 is 4.72 Å². The van der Waals surface area contributed by atoms with Crippen molar-refractivity contribution in [1.29, 1.82) is 0 Å². The van der Waals surface area contributed by atoms with Crippen LogP contribution >= 0.6 is 0 Å². The summed E-state index contributed by atoms with van der Waals surface area (Å²) >= 11 is 0. The minimum atomic E-state index is -3.39. The summed E-state index contributed by atoms with van der Waals surface area (Å²) < 4.78 is 30.1. The van der Waals surface area contributed by atoms with Gasteiger partial charge in [-0.25, -0.2) is 13.2 Å². The van der Waals surface area contributed by atoms with Crippen LogP contribution in [0.4, 0.5) is 5.69 Å². The van der Waals surface area contributed by atoms with Gasteiger partial charge in [-0.1, -0.05) is 30.3 Å². The van der Waals surface area contributed by atoms with E-state index in [0.29, 0.717) is 16.8 Å². The second-order valence-corrected chi connectivity index (χ2v) is 8.17. The quantitative estimate of drug-likeness (QED) is 0.507. The van der Waals surface area contributed by atoms with Crippen LogP contribution in [-0.4, -0.2) is 32.5 Å². The third-order valence-corrected chi connectivity index (χ3v) is 4.72. The Balaban J connectivity index is 1.69. The molecule has 0 spiro atoms. The molecule has 3 rings (SSSR count). The van der Waals surface area contributed by atoms with Gasteiger partial charge in [0.15, 0.2) is 6.10 Å². The van der Waals surface area contributed by atoms with Crippen LogP contribution in [0.1, 0.15) is 27.6 Å². The first-order chi connectivity index (χ1) is 13.2. The fourth-order valence-corrected chi connectivity index (χ4v) is 3.31. The largest absolute Gasteiger partial charge is 0.451 e. The van der Waals surface area contributed by atoms with Crippen LogP contribution in [-0.2, 0) is 14.8 Å². The van der Waals surface area contributed by atoms with Crippen LogP contribution in [0, 0.1) is 0 Å². The number of nitrogens with one attached hydrogen (secondary N) is 1. The molecule has 0 aromatic heterocycles. The van der Waals surface area contributed by atoms with Gasteiger partial charge in [-0.05, 0) is 54.1 Å². The van der Waals surface area contributed by atoms with Gasteiger partial charge in [0.1, 0.15) is 0 Å². The van der Waals surface area contributed by atoms with E-state index >= 15 is 0 Å². The van der Waals surface area contributed by atoms with Crippen LogP contribution in [0.5, 0.6) is 0 Å². The number of sulfonamides is 1. The molecule has 0 heterocycles. The van der Waals surface area contributed by atoms with Gasteiger partial charge >= 0.3 is 5.97 Å². The van der Waals surface area contributed by atoms with Gasteiger partial charge in [-0.15, -0.1) is 0 Å². The van der Waals surface area contributed by atoms with Crippen molar-refractivity contribution in [1.82, 2.24) is 0 Å². The Morgan fingerprint density at radius 3 is 2.14 bits per heavy atom. The topological polar surface area (TPSA) is 89.5 Å². The molecule has 0 bridgehead atoms. The van der Waals surface area contributed by atoms with E-state index in [0.717, 1.165) is 17.0 Å². The predicted octanol–water partition coefficient (Wildman–Crippen LogP) is 3.64. The second kappa shape index (κ2) is 7.82. The van der Waals surface area contributed by atoms with E-state index in [-0.39, 0.29) is 5.78 Å². The monoisotopic (exact) mass is 397 g/mol. The van der Waals surface area contributed by atoms with Crippen molar-refractivity contribution in [3.05, 3.63) is 77.9 Å². The summed E-state index contributed by atoms with van der Waals surface area (Å²) in [6, 6.07) is 18.8. The molecule has 28 heavy (non-hydrogen) atoms. The van der Waals surface area contributed by atoms with Gasteiger partial charge in [0, 0.05) is 11.3 Å². The number of carbonyl (C=O) groups is 2. The van der Waals surface area contributed by atoms with Gasteiger partial charge in [0.05, 0.1) is 11.8 Å². The minimum Gasteiger partial charge on any atom is -0.451 e. The maximum Gasteiger partial charge on any atom is 0.338 e. The highest BCUT2D eigenvalue weighted by Gasteiger charge is 2.20. The number of rotatable bonds is 6. The Morgan fingerprint density at radius 2 is 1.50 bits per heavy atom. The van der Waals surface area contributed by atoms with E-state index < -0.39 is 22.1 Å². The fourth-order valence-electron chi connectivity index (χ4n) is 2.75. The number of Topliss-reactive ketones (excluding diaryl/α,β-unsaturated/α-hetero) is 1. The summed E-state index contributed by atoms with van der Waals surface area (Å²) in [7, 11) is -3.39. The standard InChI is InChI=1S/C21H19NO5S/c1-14(20(23)16-9-11-19(12-10-16)22-28(2,25)26)27-21(24)18-8-7-15-5-3-4-6-17(15)13-18/h3-14,22H,1-2H3/t14-/m1/s1. The van der Waals surface area contributed by atoms with Crippen LogP contribution in [0.3, 0.4) is 0 Å². The van der Waals surface area contributed by atoms with E-state index in [1.165, 1.54) is 31.2 Å². The number of esters is 1. The van der Waals surface area contributed by atoms with Crippen molar-refractivity contribution >= 4 is 38.2 Å². The zero-order chi connectivity index (χ0) is 20.3. The van der Waals surface area contributed by atoms with Gasteiger partial charge in [0.2, 0.25) is 15.8 Å². The second-order valence-electron chi connectivity index (χ2n) is 6.43. The summed E-state index contributed by atoms with van der Waals surface area (Å²) in [5.74, 6) is -0.956. The van der Waals surface area contributed by atoms with Crippen molar-refractivity contribution in [2.24, 2.45) is 0 Å². The number of ether oxygens (including phenoxy) is 1. The van der Waals surface area contributed by atoms with Crippen LogP contribution in [0.2, 0.25) is 0 Å². The Kier molecular flexibility index (Phi) is 5.46. The van der Waals surface area contributed by atoms with Crippen molar-refractivity contribution in [3.63, 3.8) is 0 Å². The normalized spacial score (nSPS) is 12.4. The molecular weight excluding hydrogens is 378 g/mol. The summed E-state index contributed by atoms with van der Waals surface area (Å²) in [4.78, 5) is 24.9. The molecule has 3 aromatic rings. The highest BCUT2D eigenvalue weighted by molar-refractivity contribution is 7.92. The van der Waals surface area contributed by atoms with E-state index in [1.54, 1.807) is 12.1 Å². The molecule has 0 radical (unpaired) electrons. The van der Waals surface area contributed by atoms with Crippen molar-refractivity contribution < 1.29 is 22.7 Å². The molecular formula is C21H19NO5S. The van der Waals surface area contributed by atoms with Crippen molar-refractivity contribution in [3.8, 4) is 0 Å². The summed E-state index contributed by atoms with van der Waals surface area (Å²) in [6.45, 7) is 1.50. The number of hydrogen-bond acceptors (Lipinski definition) is 5. The molecule has 1 N–H and O–H groups in total. The molecule has 1 atom stereocenters. The summed E-state index contributed by atoms with van der Waals surface area (Å²) in [5, 5.41) is 1.91.